The third-order valence-electron chi connectivity index (χ3n) is 3.46. The highest BCUT2D eigenvalue weighted by atomic mass is 16.5. The van der Waals surface area contributed by atoms with E-state index in [1.54, 1.807) is 26.3 Å². The van der Waals surface area contributed by atoms with Crippen molar-refractivity contribution >= 4 is 11.8 Å². The lowest BCUT2D eigenvalue weighted by Crippen LogP contribution is -2.24. The molecule has 0 saturated heterocycles. The Morgan fingerprint density at radius 3 is 2.13 bits per heavy atom. The van der Waals surface area contributed by atoms with Crippen LogP contribution in [-0.4, -0.2) is 26.0 Å². The zero-order valence-electron chi connectivity index (χ0n) is 13.3. The average molecular weight is 312 g/mol. The van der Waals surface area contributed by atoms with Gasteiger partial charge in [-0.25, -0.2) is 0 Å². The van der Waals surface area contributed by atoms with E-state index in [1.807, 2.05) is 36.4 Å². The van der Waals surface area contributed by atoms with Crippen LogP contribution >= 0.6 is 0 Å². The minimum atomic E-state index is -0.125. The van der Waals surface area contributed by atoms with Crippen molar-refractivity contribution in [3.05, 3.63) is 65.2 Å². The molecule has 0 heterocycles. The standard InChI is InChI=1S/C18H20N2O3/c1-19-18(22)15-7-3-14(4-8-15)12-20-17(21)11-13-5-9-16(23-2)10-6-13/h3-10H,11-12H2,1-2H3,(H,19,22)(H,20,21). The van der Waals surface area contributed by atoms with Gasteiger partial charge in [-0.05, 0) is 35.4 Å². The van der Waals surface area contributed by atoms with Gasteiger partial charge in [0.25, 0.3) is 5.91 Å². The van der Waals surface area contributed by atoms with Crippen LogP contribution in [0.3, 0.4) is 0 Å². The first-order chi connectivity index (χ1) is 11.1. The molecule has 5 nitrogen and oxygen atoms in total. The Morgan fingerprint density at radius 2 is 1.57 bits per heavy atom. The predicted octanol–water partition coefficient (Wildman–Crippen LogP) is 1.91. The molecule has 2 rings (SSSR count). The summed E-state index contributed by atoms with van der Waals surface area (Å²) in [5.74, 6) is 0.594. The lowest BCUT2D eigenvalue weighted by molar-refractivity contribution is -0.120. The van der Waals surface area contributed by atoms with Gasteiger partial charge >= 0.3 is 0 Å². The summed E-state index contributed by atoms with van der Waals surface area (Å²) in [6.07, 6.45) is 0.320. The van der Waals surface area contributed by atoms with Crippen LogP contribution in [0.1, 0.15) is 21.5 Å². The van der Waals surface area contributed by atoms with Crippen LogP contribution in [0.15, 0.2) is 48.5 Å². The largest absolute Gasteiger partial charge is 0.497 e. The minimum Gasteiger partial charge on any atom is -0.497 e. The van der Waals surface area contributed by atoms with Crippen LogP contribution in [0.25, 0.3) is 0 Å². The lowest BCUT2D eigenvalue weighted by Gasteiger charge is -2.07. The van der Waals surface area contributed by atoms with Gasteiger partial charge in [-0.2, -0.15) is 0 Å². The summed E-state index contributed by atoms with van der Waals surface area (Å²) >= 11 is 0. The molecule has 2 amide bonds. The van der Waals surface area contributed by atoms with Gasteiger partial charge in [0.15, 0.2) is 0 Å². The second kappa shape index (κ2) is 7.98. The highest BCUT2D eigenvalue weighted by Crippen LogP contribution is 2.11. The van der Waals surface area contributed by atoms with Crippen molar-refractivity contribution in [3.63, 3.8) is 0 Å². The zero-order chi connectivity index (χ0) is 16.7. The molecule has 120 valence electrons. The van der Waals surface area contributed by atoms with Gasteiger partial charge in [0, 0.05) is 19.2 Å². The summed E-state index contributed by atoms with van der Waals surface area (Å²) in [5.41, 5.74) is 2.47. The first-order valence-electron chi connectivity index (χ1n) is 7.33. The molecule has 0 aromatic heterocycles. The molecule has 0 unspecified atom stereocenters. The van der Waals surface area contributed by atoms with Gasteiger partial charge in [-0.15, -0.1) is 0 Å². The van der Waals surface area contributed by atoms with Gasteiger partial charge in [0.2, 0.25) is 5.91 Å². The SMILES string of the molecule is CNC(=O)c1ccc(CNC(=O)Cc2ccc(OC)cc2)cc1. The fourth-order valence-corrected chi connectivity index (χ4v) is 2.11. The van der Waals surface area contributed by atoms with E-state index in [4.69, 9.17) is 4.74 Å². The van der Waals surface area contributed by atoms with Crippen LogP contribution in [0.5, 0.6) is 5.75 Å². The number of rotatable bonds is 6. The smallest absolute Gasteiger partial charge is 0.251 e. The first-order valence-corrected chi connectivity index (χ1v) is 7.33. The molecule has 0 atom stereocenters. The number of hydrogen-bond acceptors (Lipinski definition) is 3. The van der Waals surface area contributed by atoms with Crippen molar-refractivity contribution in [1.82, 2.24) is 10.6 Å². The zero-order valence-corrected chi connectivity index (χ0v) is 13.3. The van der Waals surface area contributed by atoms with Gasteiger partial charge < -0.3 is 15.4 Å². The summed E-state index contributed by atoms with van der Waals surface area (Å²) in [6, 6.07) is 14.6. The normalized spacial score (nSPS) is 10.0. The van der Waals surface area contributed by atoms with Gasteiger partial charge in [0.05, 0.1) is 13.5 Å². The quantitative estimate of drug-likeness (QED) is 0.856. The fourth-order valence-electron chi connectivity index (χ4n) is 2.11. The Labute approximate surface area is 135 Å². The molecule has 2 N–H and O–H groups in total. The Morgan fingerprint density at radius 1 is 0.957 bits per heavy atom. The molecule has 0 aliphatic carbocycles. The van der Waals surface area contributed by atoms with Crippen LogP contribution in [0, 0.1) is 0 Å². The number of methoxy groups -OCH3 is 1. The van der Waals surface area contributed by atoms with E-state index in [2.05, 4.69) is 10.6 Å². The van der Waals surface area contributed by atoms with Gasteiger partial charge in [-0.3, -0.25) is 9.59 Å². The Kier molecular flexibility index (Phi) is 5.74. The molecule has 0 spiro atoms. The van der Waals surface area contributed by atoms with Crippen molar-refractivity contribution in [1.29, 1.82) is 0 Å². The maximum absolute atomic E-state index is 12.0. The first kappa shape index (κ1) is 16.5. The predicted molar refractivity (Wildman–Crippen MR) is 88.4 cm³/mol. The Balaban J connectivity index is 1.84. The van der Waals surface area contributed by atoms with Crippen LogP contribution in [-0.2, 0) is 17.8 Å². The molecule has 2 aromatic rings. The molecule has 2 aromatic carbocycles. The Bertz CT molecular complexity index is 664. The summed E-state index contributed by atoms with van der Waals surface area (Å²) in [5, 5.41) is 5.44. The van der Waals surface area contributed by atoms with E-state index in [0.29, 0.717) is 18.5 Å². The monoisotopic (exact) mass is 312 g/mol. The lowest BCUT2D eigenvalue weighted by atomic mass is 10.1. The number of amides is 2. The van der Waals surface area contributed by atoms with E-state index in [9.17, 15) is 9.59 Å². The van der Waals surface area contributed by atoms with Crippen LogP contribution < -0.4 is 15.4 Å². The molecule has 0 saturated carbocycles. The maximum Gasteiger partial charge on any atom is 0.251 e. The molecular formula is C18H20N2O3. The summed E-state index contributed by atoms with van der Waals surface area (Å²) in [7, 11) is 3.20. The van der Waals surface area contributed by atoms with Crippen LogP contribution in [0.2, 0.25) is 0 Å². The van der Waals surface area contributed by atoms with Crippen molar-refractivity contribution < 1.29 is 14.3 Å². The molecule has 0 fully saturated rings. The van der Waals surface area contributed by atoms with Crippen molar-refractivity contribution in [3.8, 4) is 5.75 Å². The Hall–Kier alpha value is -2.82. The van der Waals surface area contributed by atoms with Crippen molar-refractivity contribution in [2.45, 2.75) is 13.0 Å². The number of carbonyl (C=O) groups is 2. The summed E-state index contributed by atoms with van der Waals surface area (Å²) in [6.45, 7) is 0.434. The number of hydrogen-bond donors (Lipinski definition) is 2. The van der Waals surface area contributed by atoms with Crippen molar-refractivity contribution in [2.75, 3.05) is 14.2 Å². The number of benzene rings is 2. The molecule has 0 aliphatic heterocycles. The second-order valence-electron chi connectivity index (χ2n) is 5.08. The highest BCUT2D eigenvalue weighted by molar-refractivity contribution is 5.93. The molecule has 0 radical (unpaired) electrons. The van der Waals surface area contributed by atoms with E-state index >= 15 is 0 Å². The second-order valence-corrected chi connectivity index (χ2v) is 5.08. The molecule has 23 heavy (non-hydrogen) atoms. The minimum absolute atomic E-state index is 0.0504. The van der Waals surface area contributed by atoms with E-state index in [1.165, 1.54) is 0 Å². The molecule has 0 aliphatic rings. The number of ether oxygens (including phenoxy) is 1. The van der Waals surface area contributed by atoms with Crippen molar-refractivity contribution in [2.24, 2.45) is 0 Å². The third kappa shape index (κ3) is 4.85. The fraction of sp³-hybridized carbons (Fsp3) is 0.222. The topological polar surface area (TPSA) is 67.4 Å². The summed E-state index contributed by atoms with van der Waals surface area (Å²) < 4.78 is 5.09. The number of nitrogens with one attached hydrogen (secondary N) is 2. The number of carbonyl (C=O) groups excluding carboxylic acids is 2. The van der Waals surface area contributed by atoms with Crippen LogP contribution in [0.4, 0.5) is 0 Å². The third-order valence-corrected chi connectivity index (χ3v) is 3.46. The van der Waals surface area contributed by atoms with Gasteiger partial charge in [0.1, 0.15) is 5.75 Å². The molecule has 0 bridgehead atoms. The van der Waals surface area contributed by atoms with Gasteiger partial charge in [-0.1, -0.05) is 24.3 Å². The highest BCUT2D eigenvalue weighted by Gasteiger charge is 2.05. The molecule has 5 heteroatoms. The van der Waals surface area contributed by atoms with E-state index in [0.717, 1.165) is 16.9 Å². The maximum atomic E-state index is 12.0. The average Bonchev–Trinajstić information content (AvgIpc) is 2.60. The van der Waals surface area contributed by atoms with E-state index < -0.39 is 0 Å². The molecular weight excluding hydrogens is 292 g/mol. The van der Waals surface area contributed by atoms with E-state index in [-0.39, 0.29) is 11.8 Å². The summed E-state index contributed by atoms with van der Waals surface area (Å²) in [4.78, 5) is 23.4.